The first kappa shape index (κ1) is 13.0. The van der Waals surface area contributed by atoms with Gasteiger partial charge in [-0.1, -0.05) is 30.3 Å². The van der Waals surface area contributed by atoms with Crippen LogP contribution < -0.4 is 5.73 Å². The molecule has 1 aromatic carbocycles. The summed E-state index contributed by atoms with van der Waals surface area (Å²) >= 11 is 0. The molecule has 1 rings (SSSR count). The zero-order valence-corrected chi connectivity index (χ0v) is 8.77. The van der Waals surface area contributed by atoms with E-state index < -0.39 is 18.6 Å². The maximum Gasteiger partial charge on any atom is 0.261 e. The van der Waals surface area contributed by atoms with Gasteiger partial charge in [0.1, 0.15) is 6.61 Å². The average Bonchev–Trinajstić information content (AvgIpc) is 2.29. The molecule has 5 heteroatoms. The number of nitrogens with two attached hydrogens (primary N) is 1. The van der Waals surface area contributed by atoms with Crippen molar-refractivity contribution in [3.63, 3.8) is 0 Å². The molecular weight excluding hydrogens is 216 g/mol. The quantitative estimate of drug-likeness (QED) is 0.771. The highest BCUT2D eigenvalue weighted by molar-refractivity contribution is 5.24. The van der Waals surface area contributed by atoms with E-state index in [1.54, 1.807) is 30.3 Å². The summed E-state index contributed by atoms with van der Waals surface area (Å²) in [5.74, 6) is 0. The van der Waals surface area contributed by atoms with Crippen LogP contribution in [-0.4, -0.2) is 31.4 Å². The molecule has 0 aliphatic heterocycles. The molecule has 0 fully saturated rings. The summed E-state index contributed by atoms with van der Waals surface area (Å²) < 4.78 is 28.5. The fourth-order valence-corrected chi connectivity index (χ4v) is 1.32. The molecule has 1 unspecified atom stereocenters. The number of benzene rings is 1. The second-order valence-corrected chi connectivity index (χ2v) is 3.59. The predicted octanol–water partition coefficient (Wildman–Crippen LogP) is 1.11. The molecule has 0 saturated carbocycles. The van der Waals surface area contributed by atoms with Crippen molar-refractivity contribution in [1.29, 1.82) is 0 Å². The SMILES string of the molecule is NC(CO)(COCC(F)F)c1ccccc1. The molecule has 90 valence electrons. The van der Waals surface area contributed by atoms with Crippen LogP contribution in [0, 0.1) is 0 Å². The van der Waals surface area contributed by atoms with Crippen molar-refractivity contribution in [3.05, 3.63) is 35.9 Å². The normalized spacial score (nSPS) is 15.1. The predicted molar refractivity (Wildman–Crippen MR) is 56.2 cm³/mol. The topological polar surface area (TPSA) is 55.5 Å². The molecule has 1 atom stereocenters. The van der Waals surface area contributed by atoms with Crippen LogP contribution in [0.1, 0.15) is 5.56 Å². The van der Waals surface area contributed by atoms with Gasteiger partial charge in [0.25, 0.3) is 6.43 Å². The zero-order valence-electron chi connectivity index (χ0n) is 8.77. The minimum Gasteiger partial charge on any atom is -0.394 e. The number of hydrogen-bond donors (Lipinski definition) is 2. The van der Waals surface area contributed by atoms with Crippen molar-refractivity contribution in [1.82, 2.24) is 0 Å². The van der Waals surface area contributed by atoms with Crippen LogP contribution in [0.3, 0.4) is 0 Å². The summed E-state index contributed by atoms with van der Waals surface area (Å²) in [5, 5.41) is 9.21. The molecule has 0 aliphatic carbocycles. The van der Waals surface area contributed by atoms with Gasteiger partial charge in [0, 0.05) is 0 Å². The molecular formula is C11H15F2NO2. The van der Waals surface area contributed by atoms with Crippen molar-refractivity contribution >= 4 is 0 Å². The molecule has 0 bridgehead atoms. The molecule has 0 aliphatic rings. The highest BCUT2D eigenvalue weighted by Gasteiger charge is 2.27. The van der Waals surface area contributed by atoms with E-state index in [9.17, 15) is 13.9 Å². The van der Waals surface area contributed by atoms with Gasteiger partial charge in [-0.25, -0.2) is 8.78 Å². The molecule has 0 amide bonds. The molecule has 3 N–H and O–H groups in total. The Morgan fingerprint density at radius 1 is 1.31 bits per heavy atom. The third-order valence-corrected chi connectivity index (χ3v) is 2.23. The van der Waals surface area contributed by atoms with Gasteiger partial charge in [0.2, 0.25) is 0 Å². The Morgan fingerprint density at radius 2 is 1.94 bits per heavy atom. The van der Waals surface area contributed by atoms with E-state index in [0.717, 1.165) is 0 Å². The van der Waals surface area contributed by atoms with Crippen molar-refractivity contribution in [2.45, 2.75) is 12.0 Å². The summed E-state index contributed by atoms with van der Waals surface area (Å²) in [6.45, 7) is -1.18. The van der Waals surface area contributed by atoms with Crippen LogP contribution in [0.5, 0.6) is 0 Å². The lowest BCUT2D eigenvalue weighted by Gasteiger charge is -2.27. The minimum atomic E-state index is -2.53. The second kappa shape index (κ2) is 5.89. The van der Waals surface area contributed by atoms with Crippen molar-refractivity contribution < 1.29 is 18.6 Å². The third-order valence-electron chi connectivity index (χ3n) is 2.23. The Labute approximate surface area is 92.8 Å². The highest BCUT2D eigenvalue weighted by atomic mass is 19.3. The summed E-state index contributed by atoms with van der Waals surface area (Å²) in [4.78, 5) is 0. The van der Waals surface area contributed by atoms with Gasteiger partial charge in [-0.3, -0.25) is 0 Å². The van der Waals surface area contributed by atoms with Gasteiger partial charge >= 0.3 is 0 Å². The van der Waals surface area contributed by atoms with Crippen molar-refractivity contribution in [3.8, 4) is 0 Å². The lowest BCUT2D eigenvalue weighted by Crippen LogP contribution is -2.45. The fourth-order valence-electron chi connectivity index (χ4n) is 1.32. The van der Waals surface area contributed by atoms with E-state index in [-0.39, 0.29) is 13.2 Å². The molecule has 16 heavy (non-hydrogen) atoms. The first-order chi connectivity index (χ1) is 7.58. The Bertz CT molecular complexity index is 308. The van der Waals surface area contributed by atoms with Gasteiger partial charge in [-0.2, -0.15) is 0 Å². The molecule has 3 nitrogen and oxygen atoms in total. The van der Waals surface area contributed by atoms with Gasteiger partial charge in [-0.15, -0.1) is 0 Å². The van der Waals surface area contributed by atoms with Crippen LogP contribution in [0.2, 0.25) is 0 Å². The number of ether oxygens (including phenoxy) is 1. The van der Waals surface area contributed by atoms with E-state index in [1.807, 2.05) is 0 Å². The Kier molecular flexibility index (Phi) is 4.79. The third kappa shape index (κ3) is 3.52. The van der Waals surface area contributed by atoms with E-state index >= 15 is 0 Å². The van der Waals surface area contributed by atoms with Crippen LogP contribution in [0.25, 0.3) is 0 Å². The molecule has 0 spiro atoms. The van der Waals surface area contributed by atoms with Crippen LogP contribution in [-0.2, 0) is 10.3 Å². The smallest absolute Gasteiger partial charge is 0.261 e. The summed E-state index contributed by atoms with van der Waals surface area (Å²) in [6, 6.07) is 8.78. The maximum absolute atomic E-state index is 11.9. The number of alkyl halides is 2. The van der Waals surface area contributed by atoms with E-state index in [1.165, 1.54) is 0 Å². The van der Waals surface area contributed by atoms with Crippen LogP contribution in [0.4, 0.5) is 8.78 Å². The summed E-state index contributed by atoms with van der Waals surface area (Å²) in [7, 11) is 0. The first-order valence-electron chi connectivity index (χ1n) is 4.89. The summed E-state index contributed by atoms with van der Waals surface area (Å²) in [6.07, 6.45) is -2.53. The van der Waals surface area contributed by atoms with Gasteiger partial charge in [-0.05, 0) is 5.56 Å². The number of rotatable bonds is 6. The molecule has 0 aromatic heterocycles. The number of aliphatic hydroxyl groups excluding tert-OH is 1. The van der Waals surface area contributed by atoms with E-state index in [4.69, 9.17) is 10.5 Å². The lowest BCUT2D eigenvalue weighted by atomic mass is 9.93. The number of hydrogen-bond acceptors (Lipinski definition) is 3. The standard InChI is InChI=1S/C11H15F2NO2/c12-10(13)6-16-8-11(14,7-15)9-4-2-1-3-5-9/h1-5,10,15H,6-8,14H2. The number of aliphatic hydroxyl groups is 1. The number of halogens is 2. The maximum atomic E-state index is 11.9. The lowest BCUT2D eigenvalue weighted by molar-refractivity contribution is -0.0126. The van der Waals surface area contributed by atoms with E-state index in [0.29, 0.717) is 5.56 Å². The Hall–Kier alpha value is -1.04. The molecule has 0 radical (unpaired) electrons. The monoisotopic (exact) mass is 231 g/mol. The summed E-state index contributed by atoms with van der Waals surface area (Å²) in [5.41, 5.74) is 5.42. The largest absolute Gasteiger partial charge is 0.394 e. The average molecular weight is 231 g/mol. The van der Waals surface area contributed by atoms with Gasteiger partial charge in [0.05, 0.1) is 18.8 Å². The molecule has 0 heterocycles. The van der Waals surface area contributed by atoms with Gasteiger partial charge in [0.15, 0.2) is 0 Å². The highest BCUT2D eigenvalue weighted by Crippen LogP contribution is 2.18. The van der Waals surface area contributed by atoms with Crippen LogP contribution >= 0.6 is 0 Å². The fraction of sp³-hybridized carbons (Fsp3) is 0.455. The minimum absolute atomic E-state index is 0.141. The second-order valence-electron chi connectivity index (χ2n) is 3.59. The Balaban J connectivity index is 2.63. The molecule has 1 aromatic rings. The van der Waals surface area contributed by atoms with Crippen LogP contribution in [0.15, 0.2) is 30.3 Å². The van der Waals surface area contributed by atoms with Crippen molar-refractivity contribution in [2.24, 2.45) is 5.73 Å². The van der Waals surface area contributed by atoms with E-state index in [2.05, 4.69) is 0 Å². The Morgan fingerprint density at radius 3 is 2.44 bits per heavy atom. The first-order valence-corrected chi connectivity index (χ1v) is 4.89. The van der Waals surface area contributed by atoms with Gasteiger partial charge < -0.3 is 15.6 Å². The zero-order chi connectivity index (χ0) is 12.0. The van der Waals surface area contributed by atoms with Crippen molar-refractivity contribution in [2.75, 3.05) is 19.8 Å². The molecule has 0 saturated heterocycles.